The number of nitrogens with zero attached hydrogens (tertiary/aromatic N) is 5. The molecule has 0 unspecified atom stereocenters. The molecule has 0 saturated carbocycles. The zero-order valence-corrected chi connectivity index (χ0v) is 23.4. The van der Waals surface area contributed by atoms with Crippen LogP contribution in [0, 0.1) is 0 Å². The van der Waals surface area contributed by atoms with Crippen LogP contribution in [0.5, 0.6) is 0 Å². The highest BCUT2D eigenvalue weighted by Gasteiger charge is 2.27. The van der Waals surface area contributed by atoms with E-state index in [-0.39, 0.29) is 6.03 Å². The number of thiazole rings is 1. The normalized spacial score (nSPS) is 14.4. The number of ether oxygens (including phenoxy) is 1. The third kappa shape index (κ3) is 6.22. The summed E-state index contributed by atoms with van der Waals surface area (Å²) in [5, 5.41) is 16.3. The van der Waals surface area contributed by atoms with Gasteiger partial charge in [-0.2, -0.15) is 0 Å². The van der Waals surface area contributed by atoms with E-state index in [1.54, 1.807) is 26.2 Å². The number of anilines is 1. The van der Waals surface area contributed by atoms with E-state index < -0.39 is 5.60 Å². The molecule has 0 atom stereocenters. The molecule has 11 heteroatoms. The van der Waals surface area contributed by atoms with E-state index in [4.69, 9.17) is 14.7 Å². The van der Waals surface area contributed by atoms with E-state index in [0.717, 1.165) is 64.4 Å². The molecule has 204 valence electrons. The smallest absolute Gasteiger partial charge is 0.321 e. The van der Waals surface area contributed by atoms with Gasteiger partial charge in [0.05, 0.1) is 22.0 Å². The van der Waals surface area contributed by atoms with Crippen molar-refractivity contribution in [1.82, 2.24) is 30.2 Å². The van der Waals surface area contributed by atoms with Gasteiger partial charge in [0.15, 0.2) is 11.0 Å². The molecule has 1 fully saturated rings. The number of amides is 2. The Balaban J connectivity index is 1.52. The van der Waals surface area contributed by atoms with Crippen LogP contribution in [0.15, 0.2) is 42.9 Å². The maximum atomic E-state index is 12.2. The number of likely N-dealkylation sites (tertiary alicyclic amines) is 1. The Morgan fingerprint density at radius 1 is 1.15 bits per heavy atom. The zero-order valence-electron chi connectivity index (χ0n) is 22.6. The van der Waals surface area contributed by atoms with Crippen LogP contribution in [-0.4, -0.2) is 68.3 Å². The highest BCUT2D eigenvalue weighted by molar-refractivity contribution is 7.22. The maximum Gasteiger partial charge on any atom is 0.321 e. The lowest BCUT2D eigenvalue weighted by atomic mass is 10.0. The fraction of sp³-hybridized carbons (Fsp3) is 0.393. The number of fused-ring (bicyclic) bond motifs is 1. The molecular weight excluding hydrogens is 514 g/mol. The molecule has 4 heterocycles. The minimum Gasteiger partial charge on any atom is -0.382 e. The Kier molecular flexibility index (Phi) is 7.85. The summed E-state index contributed by atoms with van der Waals surface area (Å²) >= 11 is 1.41. The molecule has 1 aliphatic rings. The summed E-state index contributed by atoms with van der Waals surface area (Å²) in [6.45, 7) is 11.1. The van der Waals surface area contributed by atoms with Crippen molar-refractivity contribution in [3.8, 4) is 22.4 Å². The predicted molar refractivity (Wildman–Crippen MR) is 153 cm³/mol. The Labute approximate surface area is 231 Å². The lowest BCUT2D eigenvalue weighted by molar-refractivity contribution is -0.0531. The van der Waals surface area contributed by atoms with E-state index >= 15 is 0 Å². The SMILES string of the molecule is CCNC(=O)Nc1nc2cc(-c3cnc(C(C)(C)O)nc3)cc(-c3cc(CN4CC(OCC)C4)ccn3)c2s1. The molecule has 3 aromatic heterocycles. The number of rotatable bonds is 9. The number of pyridine rings is 1. The largest absolute Gasteiger partial charge is 0.382 e. The average molecular weight is 548 g/mol. The van der Waals surface area contributed by atoms with E-state index in [0.29, 0.717) is 23.6 Å². The van der Waals surface area contributed by atoms with Crippen LogP contribution in [-0.2, 0) is 16.9 Å². The summed E-state index contributed by atoms with van der Waals surface area (Å²) < 4.78 is 6.62. The second kappa shape index (κ2) is 11.3. The molecule has 5 rings (SSSR count). The highest BCUT2D eigenvalue weighted by atomic mass is 32.1. The predicted octanol–water partition coefficient (Wildman–Crippen LogP) is 4.40. The van der Waals surface area contributed by atoms with Gasteiger partial charge < -0.3 is 15.2 Å². The van der Waals surface area contributed by atoms with Crippen LogP contribution in [0.3, 0.4) is 0 Å². The molecule has 1 aromatic carbocycles. The number of benzene rings is 1. The van der Waals surface area contributed by atoms with Crippen molar-refractivity contribution in [1.29, 1.82) is 0 Å². The van der Waals surface area contributed by atoms with E-state index in [1.165, 1.54) is 11.3 Å². The summed E-state index contributed by atoms with van der Waals surface area (Å²) in [4.78, 5) is 32.7. The molecule has 4 aromatic rings. The number of hydrogen-bond donors (Lipinski definition) is 3. The van der Waals surface area contributed by atoms with Crippen molar-refractivity contribution in [3.63, 3.8) is 0 Å². The summed E-state index contributed by atoms with van der Waals surface area (Å²) in [7, 11) is 0. The van der Waals surface area contributed by atoms with Crippen molar-refractivity contribution < 1.29 is 14.6 Å². The molecule has 3 N–H and O–H groups in total. The first-order chi connectivity index (χ1) is 18.7. The van der Waals surface area contributed by atoms with Crippen LogP contribution in [0.4, 0.5) is 9.93 Å². The van der Waals surface area contributed by atoms with Gasteiger partial charge in [0.2, 0.25) is 0 Å². The molecule has 1 saturated heterocycles. The minimum absolute atomic E-state index is 0.297. The standard InChI is InChI=1S/C28H33N7O3S/c1-5-29-26(36)34-27-33-23-11-18(19-12-31-25(32-13-19)28(3,4)37)10-21(24(23)39-27)22-9-17(7-8-30-22)14-35-15-20(16-35)38-6-2/h7-13,20,37H,5-6,14-16H2,1-4H3,(H2,29,33,34,36). The Morgan fingerprint density at radius 2 is 1.92 bits per heavy atom. The molecule has 0 radical (unpaired) electrons. The lowest BCUT2D eigenvalue weighted by Crippen LogP contribution is -2.51. The van der Waals surface area contributed by atoms with Crippen LogP contribution in [0.25, 0.3) is 32.6 Å². The number of carbonyl (C=O) groups excluding carboxylic acids is 1. The van der Waals surface area contributed by atoms with Gasteiger partial charge in [0.1, 0.15) is 5.60 Å². The van der Waals surface area contributed by atoms with E-state index in [9.17, 15) is 9.90 Å². The van der Waals surface area contributed by atoms with E-state index in [1.807, 2.05) is 32.2 Å². The summed E-state index contributed by atoms with van der Waals surface area (Å²) in [5.74, 6) is 0.349. The molecule has 0 aliphatic carbocycles. The number of nitrogens with one attached hydrogen (secondary N) is 2. The zero-order chi connectivity index (χ0) is 27.6. The average Bonchev–Trinajstić information content (AvgIpc) is 3.29. The number of hydrogen-bond acceptors (Lipinski definition) is 9. The lowest BCUT2D eigenvalue weighted by Gasteiger charge is -2.38. The van der Waals surface area contributed by atoms with Crippen LogP contribution in [0.1, 0.15) is 39.1 Å². The third-order valence-corrected chi connectivity index (χ3v) is 7.43. The number of urea groups is 1. The van der Waals surface area contributed by atoms with Crippen LogP contribution in [0.2, 0.25) is 0 Å². The molecular formula is C28H33N7O3S. The first-order valence-electron chi connectivity index (χ1n) is 13.1. The second-order valence-corrected chi connectivity index (χ2v) is 11.0. The fourth-order valence-electron chi connectivity index (χ4n) is 4.51. The molecule has 0 spiro atoms. The van der Waals surface area contributed by atoms with Gasteiger partial charge in [-0.15, -0.1) is 0 Å². The monoisotopic (exact) mass is 547 g/mol. The van der Waals surface area contributed by atoms with Crippen molar-refractivity contribution in [2.75, 3.05) is 31.6 Å². The summed E-state index contributed by atoms with van der Waals surface area (Å²) in [6, 6.07) is 7.86. The molecule has 1 aliphatic heterocycles. The molecule has 10 nitrogen and oxygen atoms in total. The Bertz CT molecular complexity index is 1460. The van der Waals surface area contributed by atoms with Crippen molar-refractivity contribution in [3.05, 3.63) is 54.2 Å². The summed E-state index contributed by atoms with van der Waals surface area (Å²) in [5.41, 5.74) is 4.15. The van der Waals surface area contributed by atoms with Gasteiger partial charge in [-0.3, -0.25) is 15.2 Å². The molecule has 2 amide bonds. The molecule has 39 heavy (non-hydrogen) atoms. The number of aromatic nitrogens is 4. The van der Waals surface area contributed by atoms with Crippen molar-refractivity contribution >= 4 is 32.7 Å². The quantitative estimate of drug-likeness (QED) is 0.282. The van der Waals surface area contributed by atoms with Crippen LogP contribution >= 0.6 is 11.3 Å². The van der Waals surface area contributed by atoms with Gasteiger partial charge in [0.25, 0.3) is 0 Å². The van der Waals surface area contributed by atoms with Gasteiger partial charge >= 0.3 is 6.03 Å². The number of aliphatic hydroxyl groups is 1. The van der Waals surface area contributed by atoms with Crippen LogP contribution < -0.4 is 10.6 Å². The topological polar surface area (TPSA) is 125 Å². The van der Waals surface area contributed by atoms with Gasteiger partial charge in [0, 0.05) is 62.5 Å². The van der Waals surface area contributed by atoms with Gasteiger partial charge in [-0.25, -0.2) is 19.7 Å². The first kappa shape index (κ1) is 27.1. The second-order valence-electron chi connectivity index (χ2n) is 10.1. The molecule has 0 bridgehead atoms. The fourth-order valence-corrected chi connectivity index (χ4v) is 5.47. The third-order valence-electron chi connectivity index (χ3n) is 6.41. The Hall–Kier alpha value is -3.51. The van der Waals surface area contributed by atoms with Gasteiger partial charge in [-0.1, -0.05) is 11.3 Å². The summed E-state index contributed by atoms with van der Waals surface area (Å²) in [6.07, 6.45) is 5.55. The highest BCUT2D eigenvalue weighted by Crippen LogP contribution is 2.38. The Morgan fingerprint density at radius 3 is 2.62 bits per heavy atom. The number of carbonyl (C=O) groups is 1. The first-order valence-corrected chi connectivity index (χ1v) is 13.9. The van der Waals surface area contributed by atoms with Gasteiger partial charge in [-0.05, 0) is 63.1 Å². The van der Waals surface area contributed by atoms with Crippen molar-refractivity contribution in [2.24, 2.45) is 0 Å². The van der Waals surface area contributed by atoms with Crippen molar-refractivity contribution in [2.45, 2.75) is 45.9 Å². The minimum atomic E-state index is -1.13. The van der Waals surface area contributed by atoms with E-state index in [2.05, 4.69) is 37.6 Å². The maximum absolute atomic E-state index is 12.2.